The molecule has 216 valence electrons. The monoisotopic (exact) mass is 549 g/mol. The predicted octanol–water partition coefficient (Wildman–Crippen LogP) is 7.73. The van der Waals surface area contributed by atoms with Crippen molar-refractivity contribution >= 4 is 40.6 Å². The molecule has 0 radical (unpaired) electrons. The Bertz CT molecular complexity index is 1280. The minimum Gasteiger partial charge on any atom is -0.444 e. The second kappa shape index (κ2) is 13.9. The standard InChI is InChI=1S/C30H38N4O4.C2H6/c1-19-16-22(14-15-23(19)33-27(35)37-29(3,4)5)32-25-17-20(2)24(34-28(36)38-30(6,7)8)18-26(25)31-21-12-10-9-11-13-21;1-2/h9-13,15-18,31H,14H2,1-8H3,(H,33,35)(H,34,36);1-2H3/p+1. The highest BCUT2D eigenvalue weighted by atomic mass is 16.6. The molecule has 0 aliphatic heterocycles. The van der Waals surface area contributed by atoms with Crippen LogP contribution in [-0.4, -0.2) is 29.1 Å². The topological polar surface area (TPSA) is 106 Å². The van der Waals surface area contributed by atoms with Gasteiger partial charge in [-0.1, -0.05) is 38.1 Å². The molecular formula is C32H45N4O4+. The highest BCUT2D eigenvalue weighted by Gasteiger charge is 2.21. The van der Waals surface area contributed by atoms with Crippen LogP contribution in [0.2, 0.25) is 0 Å². The molecule has 8 nitrogen and oxygen atoms in total. The lowest BCUT2D eigenvalue weighted by atomic mass is 10.0. The van der Waals surface area contributed by atoms with Gasteiger partial charge in [-0.3, -0.25) is 16.0 Å². The first kappa shape index (κ1) is 32.3. The Balaban J connectivity index is 0.00000274. The molecule has 0 unspecified atom stereocenters. The van der Waals surface area contributed by atoms with E-state index in [1.165, 1.54) is 0 Å². The second-order valence-corrected chi connectivity index (χ2v) is 11.3. The summed E-state index contributed by atoms with van der Waals surface area (Å²) >= 11 is 0. The van der Waals surface area contributed by atoms with E-state index in [0.29, 0.717) is 17.8 Å². The van der Waals surface area contributed by atoms with Crippen LogP contribution in [0.3, 0.4) is 0 Å². The van der Waals surface area contributed by atoms with Gasteiger partial charge in [-0.25, -0.2) is 14.6 Å². The number of anilines is 1. The number of nitrogens with two attached hydrogens (primary N) is 1. The summed E-state index contributed by atoms with van der Waals surface area (Å²) in [5.74, 6) is 0. The van der Waals surface area contributed by atoms with Crippen LogP contribution in [0.25, 0.3) is 0 Å². The number of benzene rings is 2. The summed E-state index contributed by atoms with van der Waals surface area (Å²) in [5, 5.41) is 7.72. The zero-order valence-electron chi connectivity index (χ0n) is 25.6. The number of aliphatic imine (C=N–C) groups is 1. The lowest BCUT2D eigenvalue weighted by Gasteiger charge is -2.22. The summed E-state index contributed by atoms with van der Waals surface area (Å²) in [6, 6.07) is 13.8. The molecule has 1 aliphatic carbocycles. The van der Waals surface area contributed by atoms with Gasteiger partial charge in [0.25, 0.3) is 0 Å². The van der Waals surface area contributed by atoms with Crippen LogP contribution in [0, 0.1) is 6.92 Å². The molecule has 2 aromatic rings. The van der Waals surface area contributed by atoms with E-state index in [-0.39, 0.29) is 0 Å². The van der Waals surface area contributed by atoms with E-state index in [0.717, 1.165) is 33.9 Å². The van der Waals surface area contributed by atoms with Gasteiger partial charge in [0, 0.05) is 23.9 Å². The number of alkyl carbamates (subject to hydrolysis) is 1. The Morgan fingerprint density at radius 3 is 2.00 bits per heavy atom. The van der Waals surface area contributed by atoms with E-state index < -0.39 is 23.4 Å². The molecule has 0 saturated heterocycles. The van der Waals surface area contributed by atoms with Crippen molar-refractivity contribution in [1.82, 2.24) is 5.32 Å². The third kappa shape index (κ3) is 10.7. The van der Waals surface area contributed by atoms with Gasteiger partial charge >= 0.3 is 12.2 Å². The summed E-state index contributed by atoms with van der Waals surface area (Å²) in [5.41, 5.74) is 5.44. The van der Waals surface area contributed by atoms with Crippen molar-refractivity contribution < 1.29 is 24.4 Å². The maximum absolute atomic E-state index is 12.4. The Morgan fingerprint density at radius 1 is 0.875 bits per heavy atom. The summed E-state index contributed by atoms with van der Waals surface area (Å²) in [6.45, 7) is 18.8. The van der Waals surface area contributed by atoms with Crippen LogP contribution in [0.15, 0.2) is 70.9 Å². The largest absolute Gasteiger partial charge is 0.444 e. The van der Waals surface area contributed by atoms with Crippen LogP contribution in [0.4, 0.5) is 32.3 Å². The number of hydrogen-bond acceptors (Lipinski definition) is 5. The summed E-state index contributed by atoms with van der Waals surface area (Å²) in [4.78, 5) is 29.6. The SMILES string of the molecule is CC.CC1=CC(=Nc2cc(C)c(NC(=O)OC(C)(C)C)cc2[NH2+]c2ccccc2)CC=C1NC(=O)OC(C)(C)C. The molecule has 0 saturated carbocycles. The second-order valence-electron chi connectivity index (χ2n) is 11.3. The minimum atomic E-state index is -0.598. The summed E-state index contributed by atoms with van der Waals surface area (Å²) < 4.78 is 10.8. The number of aryl methyl sites for hydroxylation is 1. The van der Waals surface area contributed by atoms with Gasteiger partial charge < -0.3 is 9.47 Å². The number of ether oxygens (including phenoxy) is 2. The van der Waals surface area contributed by atoms with Crippen molar-refractivity contribution in [2.24, 2.45) is 4.99 Å². The number of carbonyl (C=O) groups excluding carboxylic acids is 2. The Morgan fingerprint density at radius 2 is 1.45 bits per heavy atom. The van der Waals surface area contributed by atoms with Crippen LogP contribution < -0.4 is 16.0 Å². The number of carbonyl (C=O) groups is 2. The zero-order chi connectivity index (χ0) is 30.1. The molecule has 0 aromatic heterocycles. The van der Waals surface area contributed by atoms with E-state index in [9.17, 15) is 9.59 Å². The first-order valence-electron chi connectivity index (χ1n) is 13.7. The van der Waals surface area contributed by atoms with Gasteiger partial charge in [-0.2, -0.15) is 0 Å². The zero-order valence-corrected chi connectivity index (χ0v) is 25.6. The molecule has 2 amide bonds. The van der Waals surface area contributed by atoms with Crippen molar-refractivity contribution in [1.29, 1.82) is 0 Å². The lowest BCUT2D eigenvalue weighted by molar-refractivity contribution is -0.477. The van der Waals surface area contributed by atoms with E-state index in [1.807, 2.05) is 129 Å². The fraction of sp³-hybridized carbons (Fsp3) is 0.406. The number of nitrogens with one attached hydrogen (secondary N) is 2. The first-order chi connectivity index (χ1) is 18.7. The number of quaternary nitrogens is 1. The van der Waals surface area contributed by atoms with Gasteiger partial charge in [-0.05, 0) is 90.8 Å². The highest BCUT2D eigenvalue weighted by Crippen LogP contribution is 2.31. The fourth-order valence-electron chi connectivity index (χ4n) is 3.75. The number of rotatable bonds is 5. The molecule has 40 heavy (non-hydrogen) atoms. The number of amides is 2. The van der Waals surface area contributed by atoms with Gasteiger partial charge in [0.15, 0.2) is 5.69 Å². The maximum Gasteiger partial charge on any atom is 0.412 e. The molecule has 1 aliphatic rings. The van der Waals surface area contributed by atoms with E-state index in [1.54, 1.807) is 0 Å². The molecule has 0 heterocycles. The number of allylic oxidation sites excluding steroid dienone is 3. The van der Waals surface area contributed by atoms with Crippen molar-refractivity contribution in [3.8, 4) is 0 Å². The molecule has 4 N–H and O–H groups in total. The fourth-order valence-corrected chi connectivity index (χ4v) is 3.75. The Labute approximate surface area is 239 Å². The van der Waals surface area contributed by atoms with Crippen LogP contribution >= 0.6 is 0 Å². The number of nitrogens with zero attached hydrogens (tertiary/aromatic N) is 1. The molecular weight excluding hydrogens is 504 g/mol. The Hall–Kier alpha value is -3.91. The predicted molar refractivity (Wildman–Crippen MR) is 163 cm³/mol. The van der Waals surface area contributed by atoms with Gasteiger partial charge in [0.1, 0.15) is 22.6 Å². The normalized spacial score (nSPS) is 14.3. The third-order valence-electron chi connectivity index (χ3n) is 5.35. The average molecular weight is 550 g/mol. The van der Waals surface area contributed by atoms with Crippen LogP contribution in [-0.2, 0) is 9.47 Å². The van der Waals surface area contributed by atoms with Crippen molar-refractivity contribution in [2.75, 3.05) is 5.32 Å². The smallest absolute Gasteiger partial charge is 0.412 e. The first-order valence-corrected chi connectivity index (χ1v) is 13.7. The van der Waals surface area contributed by atoms with Gasteiger partial charge in [0.2, 0.25) is 0 Å². The molecule has 8 heteroatoms. The summed E-state index contributed by atoms with van der Waals surface area (Å²) in [7, 11) is 0. The summed E-state index contributed by atoms with van der Waals surface area (Å²) in [6.07, 6.45) is 3.45. The van der Waals surface area contributed by atoms with E-state index >= 15 is 0 Å². The quantitative estimate of drug-likeness (QED) is 0.332. The third-order valence-corrected chi connectivity index (χ3v) is 5.35. The minimum absolute atomic E-state index is 0.486. The van der Waals surface area contributed by atoms with Gasteiger partial charge in [0.05, 0.1) is 5.69 Å². The van der Waals surface area contributed by atoms with Crippen molar-refractivity contribution in [3.63, 3.8) is 0 Å². The maximum atomic E-state index is 12.4. The number of hydrogen-bond donors (Lipinski definition) is 3. The molecule has 0 atom stereocenters. The number of para-hydroxylation sites is 1. The highest BCUT2D eigenvalue weighted by molar-refractivity contribution is 6.01. The molecule has 2 aromatic carbocycles. The van der Waals surface area contributed by atoms with Crippen LogP contribution in [0.1, 0.15) is 74.3 Å². The molecule has 0 bridgehead atoms. The van der Waals surface area contributed by atoms with Crippen LogP contribution in [0.5, 0.6) is 0 Å². The van der Waals surface area contributed by atoms with Gasteiger partial charge in [-0.15, -0.1) is 0 Å². The van der Waals surface area contributed by atoms with E-state index in [4.69, 9.17) is 14.5 Å². The van der Waals surface area contributed by atoms with Crippen molar-refractivity contribution in [2.45, 2.75) is 86.9 Å². The Kier molecular flexibility index (Phi) is 11.3. The van der Waals surface area contributed by atoms with E-state index in [2.05, 4.69) is 10.6 Å². The van der Waals surface area contributed by atoms with Crippen molar-refractivity contribution in [3.05, 3.63) is 71.5 Å². The molecule has 3 rings (SSSR count). The lowest BCUT2D eigenvalue weighted by Crippen LogP contribution is -2.71. The molecule has 0 fully saturated rings. The molecule has 0 spiro atoms. The average Bonchev–Trinajstić information content (AvgIpc) is 2.83.